The Bertz CT molecular complexity index is 339. The van der Waals surface area contributed by atoms with Crippen LogP contribution in [0.3, 0.4) is 0 Å². The summed E-state index contributed by atoms with van der Waals surface area (Å²) in [4.78, 5) is 0. The fraction of sp³-hybridized carbons (Fsp3) is 0.800. The first-order valence-corrected chi connectivity index (χ1v) is 7.51. The van der Waals surface area contributed by atoms with Crippen molar-refractivity contribution in [2.24, 2.45) is 0 Å². The van der Waals surface area contributed by atoms with Crippen LogP contribution in [0.4, 0.5) is 0 Å². The Balaban J connectivity index is 1.78. The van der Waals surface area contributed by atoms with Gasteiger partial charge < -0.3 is 5.32 Å². The smallest absolute Gasteiger partial charge is 0.0624 e. The molecule has 0 saturated heterocycles. The zero-order valence-electron chi connectivity index (χ0n) is 11.9. The molecular formula is C15H27N3. The van der Waals surface area contributed by atoms with Gasteiger partial charge in [-0.1, -0.05) is 19.3 Å². The number of nitrogens with zero attached hydrogens (tertiary/aromatic N) is 2. The van der Waals surface area contributed by atoms with E-state index in [9.17, 15) is 0 Å². The summed E-state index contributed by atoms with van der Waals surface area (Å²) in [7, 11) is 2.03. The van der Waals surface area contributed by atoms with E-state index in [4.69, 9.17) is 5.10 Å². The molecule has 18 heavy (non-hydrogen) atoms. The highest BCUT2D eigenvalue weighted by molar-refractivity contribution is 5.00. The fourth-order valence-corrected chi connectivity index (χ4v) is 2.79. The average Bonchev–Trinajstić information content (AvgIpc) is 2.88. The van der Waals surface area contributed by atoms with Crippen LogP contribution < -0.4 is 5.32 Å². The fourth-order valence-electron chi connectivity index (χ4n) is 2.79. The van der Waals surface area contributed by atoms with Gasteiger partial charge in [-0.15, -0.1) is 0 Å². The monoisotopic (exact) mass is 249 g/mol. The van der Waals surface area contributed by atoms with Gasteiger partial charge in [0.05, 0.1) is 11.7 Å². The molecule has 1 N–H and O–H groups in total. The molecule has 2 rings (SSSR count). The first-order valence-electron chi connectivity index (χ1n) is 7.51. The third kappa shape index (κ3) is 3.84. The highest BCUT2D eigenvalue weighted by atomic mass is 15.3. The van der Waals surface area contributed by atoms with Crippen LogP contribution >= 0.6 is 0 Å². The van der Waals surface area contributed by atoms with E-state index < -0.39 is 0 Å². The third-order valence-electron chi connectivity index (χ3n) is 4.18. The van der Waals surface area contributed by atoms with E-state index in [1.807, 2.05) is 7.05 Å². The second-order valence-corrected chi connectivity index (χ2v) is 5.66. The number of nitrogens with one attached hydrogen (secondary N) is 1. The lowest BCUT2D eigenvalue weighted by Gasteiger charge is -2.21. The molecule has 3 heteroatoms. The molecule has 0 bridgehead atoms. The number of rotatable bonds is 6. The van der Waals surface area contributed by atoms with Crippen LogP contribution in [-0.4, -0.2) is 22.9 Å². The molecule has 1 fully saturated rings. The van der Waals surface area contributed by atoms with Gasteiger partial charge in [-0.3, -0.25) is 4.68 Å². The third-order valence-corrected chi connectivity index (χ3v) is 4.18. The molecule has 1 aromatic rings. The largest absolute Gasteiger partial charge is 0.317 e. The average molecular weight is 249 g/mol. The van der Waals surface area contributed by atoms with Crippen LogP contribution in [0.15, 0.2) is 12.3 Å². The predicted octanol–water partition coefficient (Wildman–Crippen LogP) is 3.32. The predicted molar refractivity (Wildman–Crippen MR) is 75.8 cm³/mol. The topological polar surface area (TPSA) is 29.9 Å². The molecular weight excluding hydrogens is 222 g/mol. The van der Waals surface area contributed by atoms with Gasteiger partial charge in [0, 0.05) is 12.2 Å². The van der Waals surface area contributed by atoms with Crippen molar-refractivity contribution in [2.45, 2.75) is 70.4 Å². The summed E-state index contributed by atoms with van der Waals surface area (Å²) in [5.74, 6) is 0. The Morgan fingerprint density at radius 2 is 2.17 bits per heavy atom. The standard InChI is InChI=1S/C15H27N3/c1-13(16-2)7-6-8-14-11-12-18(17-14)15-9-4-3-5-10-15/h11-13,15-16H,3-10H2,1-2H3. The first kappa shape index (κ1) is 13.6. The summed E-state index contributed by atoms with van der Waals surface area (Å²) in [5, 5.41) is 8.04. The number of hydrogen-bond donors (Lipinski definition) is 1. The van der Waals surface area contributed by atoms with Crippen LogP contribution in [-0.2, 0) is 6.42 Å². The van der Waals surface area contributed by atoms with Gasteiger partial charge in [-0.25, -0.2) is 0 Å². The number of aromatic nitrogens is 2. The first-order chi connectivity index (χ1) is 8.79. The summed E-state index contributed by atoms with van der Waals surface area (Å²) in [6.07, 6.45) is 12.6. The number of hydrogen-bond acceptors (Lipinski definition) is 2. The molecule has 1 aromatic heterocycles. The lowest BCUT2D eigenvalue weighted by Crippen LogP contribution is -2.20. The normalized spacial score (nSPS) is 19.0. The Morgan fingerprint density at radius 3 is 2.89 bits per heavy atom. The lowest BCUT2D eigenvalue weighted by atomic mass is 9.96. The van der Waals surface area contributed by atoms with Crippen molar-refractivity contribution in [3.05, 3.63) is 18.0 Å². The van der Waals surface area contributed by atoms with Gasteiger partial charge in [0.1, 0.15) is 0 Å². The Morgan fingerprint density at radius 1 is 1.39 bits per heavy atom. The van der Waals surface area contributed by atoms with Crippen molar-refractivity contribution in [3.63, 3.8) is 0 Å². The van der Waals surface area contributed by atoms with Crippen LogP contribution in [0.1, 0.15) is 63.6 Å². The highest BCUT2D eigenvalue weighted by Crippen LogP contribution is 2.27. The minimum absolute atomic E-state index is 0.616. The minimum Gasteiger partial charge on any atom is -0.317 e. The van der Waals surface area contributed by atoms with E-state index in [1.165, 1.54) is 50.6 Å². The van der Waals surface area contributed by atoms with E-state index in [1.54, 1.807) is 0 Å². The van der Waals surface area contributed by atoms with E-state index in [0.29, 0.717) is 12.1 Å². The Labute approximate surface area is 111 Å². The number of aryl methyl sites for hydroxylation is 1. The molecule has 1 atom stereocenters. The zero-order chi connectivity index (χ0) is 12.8. The van der Waals surface area contributed by atoms with E-state index in [2.05, 4.69) is 29.2 Å². The van der Waals surface area contributed by atoms with Crippen molar-refractivity contribution < 1.29 is 0 Å². The van der Waals surface area contributed by atoms with E-state index in [-0.39, 0.29) is 0 Å². The summed E-state index contributed by atoms with van der Waals surface area (Å²) in [6.45, 7) is 2.24. The molecule has 0 aliphatic heterocycles. The van der Waals surface area contributed by atoms with Gasteiger partial charge in [0.2, 0.25) is 0 Å². The maximum atomic E-state index is 4.75. The van der Waals surface area contributed by atoms with Crippen molar-refractivity contribution in [1.29, 1.82) is 0 Å². The van der Waals surface area contributed by atoms with Crippen molar-refractivity contribution in [2.75, 3.05) is 7.05 Å². The van der Waals surface area contributed by atoms with Gasteiger partial charge in [0.15, 0.2) is 0 Å². The molecule has 1 aliphatic carbocycles. The molecule has 0 spiro atoms. The van der Waals surface area contributed by atoms with Crippen molar-refractivity contribution in [3.8, 4) is 0 Å². The van der Waals surface area contributed by atoms with Crippen LogP contribution in [0.5, 0.6) is 0 Å². The maximum Gasteiger partial charge on any atom is 0.0624 e. The molecule has 0 radical (unpaired) electrons. The molecule has 102 valence electrons. The Hall–Kier alpha value is -0.830. The van der Waals surface area contributed by atoms with Gasteiger partial charge in [-0.05, 0) is 52.1 Å². The van der Waals surface area contributed by atoms with Crippen LogP contribution in [0, 0.1) is 0 Å². The second kappa shape index (κ2) is 6.93. The van der Waals surface area contributed by atoms with Crippen LogP contribution in [0.2, 0.25) is 0 Å². The molecule has 1 heterocycles. The zero-order valence-corrected chi connectivity index (χ0v) is 11.9. The Kier molecular flexibility index (Phi) is 5.24. The van der Waals surface area contributed by atoms with Gasteiger partial charge >= 0.3 is 0 Å². The molecule has 1 saturated carbocycles. The SMILES string of the molecule is CNC(C)CCCc1ccn(C2CCCCC2)n1. The summed E-state index contributed by atoms with van der Waals surface area (Å²) in [5.41, 5.74) is 1.27. The maximum absolute atomic E-state index is 4.75. The molecule has 0 amide bonds. The second-order valence-electron chi connectivity index (χ2n) is 5.66. The summed E-state index contributed by atoms with van der Waals surface area (Å²) < 4.78 is 2.22. The molecule has 0 aromatic carbocycles. The highest BCUT2D eigenvalue weighted by Gasteiger charge is 2.15. The van der Waals surface area contributed by atoms with Gasteiger partial charge in [-0.2, -0.15) is 5.10 Å². The molecule has 1 unspecified atom stereocenters. The van der Waals surface area contributed by atoms with Crippen molar-refractivity contribution in [1.82, 2.24) is 15.1 Å². The van der Waals surface area contributed by atoms with E-state index >= 15 is 0 Å². The molecule has 1 aliphatic rings. The van der Waals surface area contributed by atoms with E-state index in [0.717, 1.165) is 6.42 Å². The molecule has 3 nitrogen and oxygen atoms in total. The van der Waals surface area contributed by atoms with Crippen LogP contribution in [0.25, 0.3) is 0 Å². The summed E-state index contributed by atoms with van der Waals surface area (Å²) >= 11 is 0. The lowest BCUT2D eigenvalue weighted by molar-refractivity contribution is 0.328. The minimum atomic E-state index is 0.616. The van der Waals surface area contributed by atoms with Gasteiger partial charge in [0.25, 0.3) is 0 Å². The quantitative estimate of drug-likeness (QED) is 0.838. The summed E-state index contributed by atoms with van der Waals surface area (Å²) in [6, 6.07) is 3.49. The van der Waals surface area contributed by atoms with Crippen molar-refractivity contribution >= 4 is 0 Å².